The van der Waals surface area contributed by atoms with Crippen LogP contribution in [0.25, 0.3) is 0 Å². The maximum absolute atomic E-state index is 12.3. The first-order valence-electron chi connectivity index (χ1n) is 6.93. The van der Waals surface area contributed by atoms with Crippen LogP contribution in [0.15, 0.2) is 23.1 Å². The van der Waals surface area contributed by atoms with Gasteiger partial charge in [-0.1, -0.05) is 17.7 Å². The van der Waals surface area contributed by atoms with Crippen molar-refractivity contribution >= 4 is 21.6 Å². The predicted octanol–water partition coefficient (Wildman–Crippen LogP) is 1.88. The van der Waals surface area contributed by atoms with E-state index in [9.17, 15) is 8.42 Å². The summed E-state index contributed by atoms with van der Waals surface area (Å²) >= 11 is 5.87. The van der Waals surface area contributed by atoms with E-state index >= 15 is 0 Å². The summed E-state index contributed by atoms with van der Waals surface area (Å²) in [7, 11) is -3.70. The minimum atomic E-state index is -3.70. The Morgan fingerprint density at radius 3 is 2.95 bits per heavy atom. The molecule has 1 aliphatic rings. The Morgan fingerprint density at radius 1 is 1.48 bits per heavy atom. The van der Waals surface area contributed by atoms with Crippen molar-refractivity contribution in [3.63, 3.8) is 0 Å². The van der Waals surface area contributed by atoms with Crippen molar-refractivity contribution in [1.29, 1.82) is 5.26 Å². The van der Waals surface area contributed by atoms with Crippen LogP contribution < -0.4 is 10.0 Å². The molecule has 1 aliphatic heterocycles. The summed E-state index contributed by atoms with van der Waals surface area (Å²) in [5, 5.41) is 12.5. The third kappa shape index (κ3) is 4.17. The summed E-state index contributed by atoms with van der Waals surface area (Å²) in [5.41, 5.74) is -0.00833. The van der Waals surface area contributed by atoms with E-state index in [4.69, 9.17) is 16.9 Å². The number of hydrogen-bond donors (Lipinski definition) is 2. The molecule has 21 heavy (non-hydrogen) atoms. The number of benzene rings is 1. The van der Waals surface area contributed by atoms with Crippen molar-refractivity contribution in [2.45, 2.75) is 24.2 Å². The Bertz CT molecular complexity index is 634. The normalized spacial score (nSPS) is 19.1. The highest BCUT2D eigenvalue weighted by Crippen LogP contribution is 2.23. The zero-order valence-corrected chi connectivity index (χ0v) is 13.2. The smallest absolute Gasteiger partial charge is 0.241 e. The van der Waals surface area contributed by atoms with E-state index in [-0.39, 0.29) is 15.5 Å². The highest BCUT2D eigenvalue weighted by molar-refractivity contribution is 7.89. The molecule has 1 fully saturated rings. The van der Waals surface area contributed by atoms with E-state index in [0.717, 1.165) is 32.4 Å². The Kier molecular flexibility index (Phi) is 5.59. The number of nitrogens with one attached hydrogen (secondary N) is 2. The molecule has 1 aromatic carbocycles. The summed E-state index contributed by atoms with van der Waals surface area (Å²) in [6.07, 6.45) is 3.04. The van der Waals surface area contributed by atoms with Gasteiger partial charge in [-0.05, 0) is 50.4 Å². The van der Waals surface area contributed by atoms with E-state index in [2.05, 4.69) is 10.0 Å². The van der Waals surface area contributed by atoms with Crippen LogP contribution in [0.3, 0.4) is 0 Å². The molecule has 7 heteroatoms. The molecule has 0 spiro atoms. The van der Waals surface area contributed by atoms with Gasteiger partial charge >= 0.3 is 0 Å². The molecule has 5 nitrogen and oxygen atoms in total. The van der Waals surface area contributed by atoms with Gasteiger partial charge in [-0.2, -0.15) is 5.26 Å². The molecule has 0 saturated carbocycles. The number of hydrogen-bond acceptors (Lipinski definition) is 4. The zero-order valence-electron chi connectivity index (χ0n) is 11.6. The minimum absolute atomic E-state index is 0.00833. The van der Waals surface area contributed by atoms with Crippen molar-refractivity contribution in [3.05, 3.63) is 28.8 Å². The quantitative estimate of drug-likeness (QED) is 0.865. The van der Waals surface area contributed by atoms with Crippen molar-refractivity contribution < 1.29 is 8.42 Å². The van der Waals surface area contributed by atoms with E-state index in [1.54, 1.807) is 0 Å². The van der Waals surface area contributed by atoms with Gasteiger partial charge in [-0.3, -0.25) is 0 Å². The SMILES string of the molecule is N#Cc1c(Cl)cccc1S(=O)(=O)NCCC1CCCNC1. The number of halogens is 1. The van der Waals surface area contributed by atoms with Crippen molar-refractivity contribution in [1.82, 2.24) is 10.0 Å². The van der Waals surface area contributed by atoms with Gasteiger partial charge in [0.05, 0.1) is 10.6 Å². The number of sulfonamides is 1. The first-order chi connectivity index (χ1) is 10.0. The lowest BCUT2D eigenvalue weighted by molar-refractivity contribution is 0.358. The summed E-state index contributed by atoms with van der Waals surface area (Å²) in [4.78, 5) is -0.0562. The van der Waals surface area contributed by atoms with Crippen molar-refractivity contribution in [3.8, 4) is 6.07 Å². The van der Waals surface area contributed by atoms with Crippen LogP contribution in [0.1, 0.15) is 24.8 Å². The maximum Gasteiger partial charge on any atom is 0.241 e. The fourth-order valence-electron chi connectivity index (χ4n) is 2.48. The fourth-order valence-corrected chi connectivity index (χ4v) is 3.98. The molecule has 1 atom stereocenters. The standard InChI is InChI=1S/C14H18ClN3O2S/c15-13-4-1-5-14(12(13)9-16)21(19,20)18-8-6-11-3-2-7-17-10-11/h1,4-5,11,17-18H,2-3,6-8,10H2. The average Bonchev–Trinajstić information content (AvgIpc) is 2.48. The van der Waals surface area contributed by atoms with E-state index in [0.29, 0.717) is 12.5 Å². The molecule has 114 valence electrons. The summed E-state index contributed by atoms with van der Waals surface area (Å²) in [6.45, 7) is 2.34. The van der Waals surface area contributed by atoms with Crippen LogP contribution in [0.4, 0.5) is 0 Å². The molecule has 0 amide bonds. The monoisotopic (exact) mass is 327 g/mol. The minimum Gasteiger partial charge on any atom is -0.316 e. The van der Waals surface area contributed by atoms with Crippen LogP contribution in [-0.2, 0) is 10.0 Å². The second-order valence-corrected chi connectivity index (χ2v) is 7.27. The second-order valence-electron chi connectivity index (χ2n) is 5.12. The van der Waals surface area contributed by atoms with Crippen LogP contribution in [0, 0.1) is 17.2 Å². The van der Waals surface area contributed by atoms with Gasteiger partial charge in [-0.25, -0.2) is 13.1 Å². The molecule has 2 N–H and O–H groups in total. The molecule has 1 saturated heterocycles. The summed E-state index contributed by atoms with van der Waals surface area (Å²) in [6, 6.07) is 6.28. The number of nitrogens with zero attached hydrogens (tertiary/aromatic N) is 1. The maximum atomic E-state index is 12.3. The van der Waals surface area contributed by atoms with Crippen LogP contribution in [0.5, 0.6) is 0 Å². The number of piperidine rings is 1. The van der Waals surface area contributed by atoms with Crippen LogP contribution in [0.2, 0.25) is 5.02 Å². The largest absolute Gasteiger partial charge is 0.316 e. The molecule has 1 unspecified atom stereocenters. The van der Waals surface area contributed by atoms with Gasteiger partial charge in [0.15, 0.2) is 0 Å². The molecule has 2 rings (SSSR count). The van der Waals surface area contributed by atoms with E-state index in [1.807, 2.05) is 6.07 Å². The van der Waals surface area contributed by atoms with Gasteiger partial charge in [0, 0.05) is 6.54 Å². The number of rotatable bonds is 5. The number of nitriles is 1. The molecule has 1 heterocycles. The molecule has 0 bridgehead atoms. The van der Waals surface area contributed by atoms with Crippen LogP contribution >= 0.6 is 11.6 Å². The van der Waals surface area contributed by atoms with Gasteiger partial charge in [0.2, 0.25) is 10.0 Å². The highest BCUT2D eigenvalue weighted by Gasteiger charge is 2.21. The Labute approximate surface area is 130 Å². The third-order valence-corrected chi connectivity index (χ3v) is 5.44. The zero-order chi connectivity index (χ0) is 15.3. The average molecular weight is 328 g/mol. The van der Waals surface area contributed by atoms with E-state index in [1.165, 1.54) is 18.2 Å². The van der Waals surface area contributed by atoms with Crippen molar-refractivity contribution in [2.24, 2.45) is 5.92 Å². The molecule has 0 aromatic heterocycles. The fraction of sp³-hybridized carbons (Fsp3) is 0.500. The second kappa shape index (κ2) is 7.23. The lowest BCUT2D eigenvalue weighted by Crippen LogP contribution is -2.33. The van der Waals surface area contributed by atoms with E-state index < -0.39 is 10.0 Å². The molecular formula is C14H18ClN3O2S. The molecule has 1 aromatic rings. The summed E-state index contributed by atoms with van der Waals surface area (Å²) in [5.74, 6) is 0.497. The third-order valence-electron chi connectivity index (χ3n) is 3.62. The molecule has 0 aliphatic carbocycles. The van der Waals surface area contributed by atoms with Crippen LogP contribution in [-0.4, -0.2) is 28.1 Å². The highest BCUT2D eigenvalue weighted by atomic mass is 35.5. The lowest BCUT2D eigenvalue weighted by atomic mass is 9.96. The summed E-state index contributed by atoms with van der Waals surface area (Å²) < 4.78 is 27.1. The van der Waals surface area contributed by atoms with Gasteiger partial charge < -0.3 is 5.32 Å². The predicted molar refractivity (Wildman–Crippen MR) is 81.6 cm³/mol. The lowest BCUT2D eigenvalue weighted by Gasteiger charge is -2.22. The topological polar surface area (TPSA) is 82.0 Å². The van der Waals surface area contributed by atoms with Gasteiger partial charge in [-0.15, -0.1) is 0 Å². The Hall–Kier alpha value is -1.13. The first-order valence-corrected chi connectivity index (χ1v) is 8.79. The van der Waals surface area contributed by atoms with Gasteiger partial charge in [0.25, 0.3) is 0 Å². The van der Waals surface area contributed by atoms with Crippen molar-refractivity contribution in [2.75, 3.05) is 19.6 Å². The first kappa shape index (κ1) is 16.2. The Morgan fingerprint density at radius 2 is 2.29 bits per heavy atom. The van der Waals surface area contributed by atoms with Gasteiger partial charge in [0.1, 0.15) is 11.0 Å². The molecule has 0 radical (unpaired) electrons. The molecular weight excluding hydrogens is 310 g/mol. The Balaban J connectivity index is 2.02.